The van der Waals surface area contributed by atoms with Crippen molar-refractivity contribution in [3.63, 3.8) is 0 Å². The summed E-state index contributed by atoms with van der Waals surface area (Å²) in [6, 6.07) is 7.10. The van der Waals surface area contributed by atoms with Crippen LogP contribution in [0.1, 0.15) is 21.6 Å². The minimum Gasteiger partial charge on any atom is -0.398 e. The first kappa shape index (κ1) is 11.2. The first-order chi connectivity index (χ1) is 8.06. The van der Waals surface area contributed by atoms with Crippen LogP contribution < -0.4 is 11.1 Å². The summed E-state index contributed by atoms with van der Waals surface area (Å²) in [7, 11) is 0. The molecule has 0 saturated carbocycles. The van der Waals surface area contributed by atoms with Gasteiger partial charge in [0.05, 0.1) is 5.56 Å². The maximum atomic E-state index is 12.0. The van der Waals surface area contributed by atoms with Crippen molar-refractivity contribution in [2.24, 2.45) is 0 Å². The van der Waals surface area contributed by atoms with Crippen molar-refractivity contribution in [3.05, 3.63) is 41.1 Å². The summed E-state index contributed by atoms with van der Waals surface area (Å²) in [5.41, 5.74) is 8.56. The van der Waals surface area contributed by atoms with Crippen molar-refractivity contribution in [2.45, 2.75) is 13.8 Å². The van der Waals surface area contributed by atoms with Crippen molar-refractivity contribution in [3.8, 4) is 0 Å². The van der Waals surface area contributed by atoms with Gasteiger partial charge in [-0.05, 0) is 26.0 Å². The number of carbonyl (C=O) groups excluding carboxylic acids is 1. The molecule has 1 heterocycles. The topological polar surface area (TPSA) is 83.8 Å². The van der Waals surface area contributed by atoms with Gasteiger partial charge in [-0.25, -0.2) is 0 Å². The molecule has 0 fully saturated rings. The van der Waals surface area contributed by atoms with Gasteiger partial charge in [-0.3, -0.25) is 9.89 Å². The third-order valence-corrected chi connectivity index (χ3v) is 2.40. The number of aryl methyl sites for hydroxylation is 2. The molecule has 0 aliphatic carbocycles. The van der Waals surface area contributed by atoms with E-state index in [4.69, 9.17) is 5.73 Å². The predicted molar refractivity (Wildman–Crippen MR) is 66.9 cm³/mol. The van der Waals surface area contributed by atoms with E-state index < -0.39 is 0 Å². The molecule has 17 heavy (non-hydrogen) atoms. The minimum atomic E-state index is -0.252. The highest BCUT2D eigenvalue weighted by molar-refractivity contribution is 6.07. The number of benzene rings is 1. The van der Waals surface area contributed by atoms with Gasteiger partial charge in [-0.2, -0.15) is 5.10 Å². The first-order valence-electron chi connectivity index (χ1n) is 5.26. The average molecular weight is 230 g/mol. The molecule has 0 aliphatic heterocycles. The van der Waals surface area contributed by atoms with E-state index >= 15 is 0 Å². The summed E-state index contributed by atoms with van der Waals surface area (Å²) in [5, 5.41) is 9.38. The summed E-state index contributed by atoms with van der Waals surface area (Å²) in [5.74, 6) is 0.242. The largest absolute Gasteiger partial charge is 0.398 e. The second-order valence-corrected chi connectivity index (χ2v) is 3.98. The molecule has 0 unspecified atom stereocenters. The van der Waals surface area contributed by atoms with E-state index in [1.54, 1.807) is 18.2 Å². The summed E-state index contributed by atoms with van der Waals surface area (Å²) in [6.45, 7) is 3.78. The van der Waals surface area contributed by atoms with Gasteiger partial charge in [0.25, 0.3) is 5.91 Å². The van der Waals surface area contributed by atoms with E-state index in [0.29, 0.717) is 17.1 Å². The number of carbonyl (C=O) groups is 1. The lowest BCUT2D eigenvalue weighted by atomic mass is 10.1. The van der Waals surface area contributed by atoms with E-state index in [2.05, 4.69) is 15.5 Å². The maximum Gasteiger partial charge on any atom is 0.258 e. The zero-order chi connectivity index (χ0) is 12.4. The second kappa shape index (κ2) is 4.29. The number of amides is 1. The molecule has 2 rings (SSSR count). The van der Waals surface area contributed by atoms with Gasteiger partial charge in [0.1, 0.15) is 0 Å². The number of aromatic amines is 1. The third kappa shape index (κ3) is 2.44. The zero-order valence-electron chi connectivity index (χ0n) is 9.74. The first-order valence-corrected chi connectivity index (χ1v) is 5.26. The molecule has 5 heteroatoms. The number of H-pyrrole nitrogens is 1. The Bertz CT molecular complexity index is 559. The van der Waals surface area contributed by atoms with Gasteiger partial charge >= 0.3 is 0 Å². The van der Waals surface area contributed by atoms with Crippen molar-refractivity contribution in [1.82, 2.24) is 10.2 Å². The molecule has 0 spiro atoms. The monoisotopic (exact) mass is 230 g/mol. The Morgan fingerprint density at radius 2 is 2.12 bits per heavy atom. The molecule has 0 saturated heterocycles. The Hall–Kier alpha value is -2.30. The van der Waals surface area contributed by atoms with Crippen molar-refractivity contribution in [1.29, 1.82) is 0 Å². The number of nitrogen functional groups attached to an aromatic ring is 1. The Morgan fingerprint density at radius 1 is 1.35 bits per heavy atom. The van der Waals surface area contributed by atoms with E-state index in [9.17, 15) is 4.79 Å². The highest BCUT2D eigenvalue weighted by atomic mass is 16.1. The highest BCUT2D eigenvalue weighted by Gasteiger charge is 2.11. The molecule has 0 radical (unpaired) electrons. The molecule has 1 aromatic carbocycles. The number of hydrogen-bond donors (Lipinski definition) is 3. The number of hydrogen-bond acceptors (Lipinski definition) is 3. The van der Waals surface area contributed by atoms with Gasteiger partial charge in [0.2, 0.25) is 0 Å². The Balaban J connectivity index is 2.22. The molecule has 4 N–H and O–H groups in total. The molecular formula is C12H14N4O. The van der Waals surface area contributed by atoms with Crippen LogP contribution in [0.3, 0.4) is 0 Å². The number of rotatable bonds is 2. The molecule has 5 nitrogen and oxygen atoms in total. The summed E-state index contributed by atoms with van der Waals surface area (Å²) in [6.07, 6.45) is 0. The third-order valence-electron chi connectivity index (χ3n) is 2.40. The van der Waals surface area contributed by atoms with E-state index in [0.717, 1.165) is 11.3 Å². The SMILES string of the molecule is Cc1ccc(N)c(C(=O)Nc2cc(C)[nH]n2)c1. The lowest BCUT2D eigenvalue weighted by Crippen LogP contribution is -2.14. The van der Waals surface area contributed by atoms with Crippen LogP contribution in [-0.4, -0.2) is 16.1 Å². The molecule has 2 aromatic rings. The fraction of sp³-hybridized carbons (Fsp3) is 0.167. The van der Waals surface area contributed by atoms with Crippen LogP contribution in [0, 0.1) is 13.8 Å². The van der Waals surface area contributed by atoms with Crippen LogP contribution in [0.15, 0.2) is 24.3 Å². The molecule has 0 aliphatic rings. The van der Waals surface area contributed by atoms with Gasteiger partial charge in [0, 0.05) is 17.4 Å². The van der Waals surface area contributed by atoms with Crippen molar-refractivity contribution < 1.29 is 4.79 Å². The molecule has 0 bridgehead atoms. The molecule has 1 amide bonds. The van der Waals surface area contributed by atoms with Crippen molar-refractivity contribution in [2.75, 3.05) is 11.1 Å². The summed E-state index contributed by atoms with van der Waals surface area (Å²) >= 11 is 0. The molecule has 0 atom stereocenters. The van der Waals surface area contributed by atoms with Crippen LogP contribution in [0.4, 0.5) is 11.5 Å². The van der Waals surface area contributed by atoms with Crippen LogP contribution in [0.25, 0.3) is 0 Å². The van der Waals surface area contributed by atoms with Crippen LogP contribution in [-0.2, 0) is 0 Å². The van der Waals surface area contributed by atoms with E-state index in [-0.39, 0.29) is 5.91 Å². The van der Waals surface area contributed by atoms with Crippen LogP contribution in [0.2, 0.25) is 0 Å². The Kier molecular flexibility index (Phi) is 2.82. The number of nitrogens with two attached hydrogens (primary N) is 1. The second-order valence-electron chi connectivity index (χ2n) is 3.98. The average Bonchev–Trinajstić information content (AvgIpc) is 2.67. The lowest BCUT2D eigenvalue weighted by molar-refractivity contribution is 0.102. The van der Waals surface area contributed by atoms with Crippen LogP contribution in [0.5, 0.6) is 0 Å². The lowest BCUT2D eigenvalue weighted by Gasteiger charge is -2.06. The zero-order valence-corrected chi connectivity index (χ0v) is 9.74. The normalized spacial score (nSPS) is 10.2. The molecule has 88 valence electrons. The Morgan fingerprint density at radius 3 is 2.76 bits per heavy atom. The van der Waals surface area contributed by atoms with Gasteiger partial charge < -0.3 is 11.1 Å². The highest BCUT2D eigenvalue weighted by Crippen LogP contribution is 2.15. The van der Waals surface area contributed by atoms with E-state index in [1.807, 2.05) is 19.9 Å². The van der Waals surface area contributed by atoms with Crippen LogP contribution >= 0.6 is 0 Å². The fourth-order valence-electron chi connectivity index (χ4n) is 1.53. The predicted octanol–water partition coefficient (Wildman–Crippen LogP) is 1.86. The number of nitrogens with one attached hydrogen (secondary N) is 2. The standard InChI is InChI=1S/C12H14N4O/c1-7-3-4-10(13)9(5-7)12(17)14-11-6-8(2)15-16-11/h3-6H,13H2,1-2H3,(H2,14,15,16,17). The summed E-state index contributed by atoms with van der Waals surface area (Å²) < 4.78 is 0. The molecular weight excluding hydrogens is 216 g/mol. The minimum absolute atomic E-state index is 0.252. The number of anilines is 2. The smallest absolute Gasteiger partial charge is 0.258 e. The summed E-state index contributed by atoms with van der Waals surface area (Å²) in [4.78, 5) is 12.0. The number of nitrogens with zero attached hydrogens (tertiary/aromatic N) is 1. The van der Waals surface area contributed by atoms with E-state index in [1.165, 1.54) is 0 Å². The quantitative estimate of drug-likeness (QED) is 0.688. The van der Waals surface area contributed by atoms with Crippen molar-refractivity contribution >= 4 is 17.4 Å². The maximum absolute atomic E-state index is 12.0. The van der Waals surface area contributed by atoms with Gasteiger partial charge in [-0.1, -0.05) is 11.6 Å². The number of aromatic nitrogens is 2. The van der Waals surface area contributed by atoms with Gasteiger partial charge in [-0.15, -0.1) is 0 Å². The Labute approximate surface area is 99.0 Å². The van der Waals surface area contributed by atoms with Gasteiger partial charge in [0.15, 0.2) is 5.82 Å². The fourth-order valence-corrected chi connectivity index (χ4v) is 1.53. The molecule has 1 aromatic heterocycles.